The maximum absolute atomic E-state index is 12.5. The third kappa shape index (κ3) is 3.79. The smallest absolute Gasteiger partial charge is 0.249 e. The molecule has 1 fully saturated rings. The van der Waals surface area contributed by atoms with Crippen LogP contribution in [-0.2, 0) is 9.59 Å². The molecule has 0 saturated heterocycles. The first-order valence-electron chi connectivity index (χ1n) is 7.71. The zero-order valence-corrected chi connectivity index (χ0v) is 13.7. The average Bonchev–Trinajstić information content (AvgIpc) is 3.25. The number of aromatic nitrogens is 1. The molecule has 2 N–H and O–H groups in total. The molecule has 23 heavy (non-hydrogen) atoms. The van der Waals surface area contributed by atoms with E-state index in [0.717, 1.165) is 25.7 Å². The topological polar surface area (TPSA) is 84.2 Å². The highest BCUT2D eigenvalue weighted by molar-refractivity contribution is 7.14. The first-order chi connectivity index (χ1) is 11.1. The molecule has 2 heterocycles. The van der Waals surface area contributed by atoms with Crippen molar-refractivity contribution in [2.24, 2.45) is 5.92 Å². The van der Waals surface area contributed by atoms with Crippen LogP contribution in [0.4, 0.5) is 5.13 Å². The van der Waals surface area contributed by atoms with Gasteiger partial charge in [-0.1, -0.05) is 12.8 Å². The van der Waals surface area contributed by atoms with Gasteiger partial charge in [0.15, 0.2) is 10.9 Å². The summed E-state index contributed by atoms with van der Waals surface area (Å²) in [5, 5.41) is 7.94. The van der Waals surface area contributed by atoms with Crippen LogP contribution in [0.15, 0.2) is 28.2 Å². The summed E-state index contributed by atoms with van der Waals surface area (Å²) < 4.78 is 5.29. The lowest BCUT2D eigenvalue weighted by Gasteiger charge is -2.22. The summed E-state index contributed by atoms with van der Waals surface area (Å²) in [7, 11) is 0. The minimum atomic E-state index is -0.494. The molecule has 0 radical (unpaired) electrons. The van der Waals surface area contributed by atoms with Crippen LogP contribution in [0.1, 0.15) is 32.6 Å². The molecule has 122 valence electrons. The zero-order chi connectivity index (χ0) is 16.2. The summed E-state index contributed by atoms with van der Waals surface area (Å²) in [5.74, 6) is 0.472. The lowest BCUT2D eigenvalue weighted by molar-refractivity contribution is -0.126. The molecular weight excluding hydrogens is 314 g/mol. The minimum absolute atomic E-state index is 0.188. The molecule has 2 aromatic rings. The van der Waals surface area contributed by atoms with E-state index in [0.29, 0.717) is 16.6 Å². The summed E-state index contributed by atoms with van der Waals surface area (Å²) in [6.45, 7) is 1.44. The number of nitrogens with zero attached hydrogens (tertiary/aromatic N) is 1. The summed E-state index contributed by atoms with van der Waals surface area (Å²) in [5.41, 5.74) is 0.687. The Hall–Kier alpha value is -2.15. The molecule has 1 saturated carbocycles. The van der Waals surface area contributed by atoms with E-state index in [9.17, 15) is 9.59 Å². The standard InChI is InChI=1S/C16H19N3O3S/c1-10(20)17-14(11-5-2-3-6-11)15(21)19-16-18-12(9-23-16)13-7-4-8-22-13/h4,7-9,11,14H,2-3,5-6H2,1H3,(H,17,20)(H,18,19,21). The van der Waals surface area contributed by atoms with E-state index >= 15 is 0 Å². The fraction of sp³-hybridized carbons (Fsp3) is 0.438. The molecule has 6 nitrogen and oxygen atoms in total. The molecule has 2 aromatic heterocycles. The third-order valence-electron chi connectivity index (χ3n) is 4.02. The number of hydrogen-bond acceptors (Lipinski definition) is 5. The number of thiazole rings is 1. The van der Waals surface area contributed by atoms with Crippen molar-refractivity contribution >= 4 is 28.3 Å². The minimum Gasteiger partial charge on any atom is -0.463 e. The Balaban J connectivity index is 1.69. The van der Waals surface area contributed by atoms with Gasteiger partial charge >= 0.3 is 0 Å². The Morgan fingerprint density at radius 2 is 2.17 bits per heavy atom. The molecule has 1 atom stereocenters. The molecule has 1 unspecified atom stereocenters. The quantitative estimate of drug-likeness (QED) is 0.881. The summed E-state index contributed by atoms with van der Waals surface area (Å²) in [4.78, 5) is 28.3. The van der Waals surface area contributed by atoms with Crippen molar-refractivity contribution < 1.29 is 14.0 Å². The van der Waals surface area contributed by atoms with Crippen LogP contribution in [0.25, 0.3) is 11.5 Å². The van der Waals surface area contributed by atoms with Gasteiger partial charge in [-0.05, 0) is 30.9 Å². The first-order valence-corrected chi connectivity index (χ1v) is 8.59. The monoisotopic (exact) mass is 333 g/mol. The van der Waals surface area contributed by atoms with Gasteiger partial charge in [0.2, 0.25) is 11.8 Å². The van der Waals surface area contributed by atoms with Gasteiger partial charge in [-0.3, -0.25) is 9.59 Å². The first kappa shape index (κ1) is 15.7. The van der Waals surface area contributed by atoms with E-state index in [4.69, 9.17) is 4.42 Å². The van der Waals surface area contributed by atoms with Crippen molar-refractivity contribution in [1.29, 1.82) is 0 Å². The highest BCUT2D eigenvalue weighted by atomic mass is 32.1. The van der Waals surface area contributed by atoms with Crippen LogP contribution in [0.2, 0.25) is 0 Å². The SMILES string of the molecule is CC(=O)NC(C(=O)Nc1nc(-c2ccco2)cs1)C1CCCC1. The number of carbonyl (C=O) groups excluding carboxylic acids is 2. The molecular formula is C16H19N3O3S. The summed E-state index contributed by atoms with van der Waals surface area (Å²) in [6, 6.07) is 3.12. The van der Waals surface area contributed by atoms with Gasteiger partial charge in [0.1, 0.15) is 11.7 Å². The largest absolute Gasteiger partial charge is 0.463 e. The molecule has 1 aliphatic rings. The van der Waals surface area contributed by atoms with E-state index < -0.39 is 6.04 Å². The van der Waals surface area contributed by atoms with Gasteiger partial charge < -0.3 is 15.1 Å². The highest BCUT2D eigenvalue weighted by Crippen LogP contribution is 2.29. The molecule has 0 spiro atoms. The Morgan fingerprint density at radius 3 is 2.83 bits per heavy atom. The van der Waals surface area contributed by atoms with Crippen molar-refractivity contribution in [2.75, 3.05) is 5.32 Å². The van der Waals surface area contributed by atoms with Crippen LogP contribution < -0.4 is 10.6 Å². The van der Waals surface area contributed by atoms with E-state index in [-0.39, 0.29) is 17.7 Å². The van der Waals surface area contributed by atoms with Crippen LogP contribution in [0.3, 0.4) is 0 Å². The fourth-order valence-corrected chi connectivity index (χ4v) is 3.66. The zero-order valence-electron chi connectivity index (χ0n) is 12.9. The number of carbonyl (C=O) groups is 2. The molecule has 0 aromatic carbocycles. The van der Waals surface area contributed by atoms with Crippen molar-refractivity contribution in [2.45, 2.75) is 38.6 Å². The number of anilines is 1. The van der Waals surface area contributed by atoms with E-state index in [1.54, 1.807) is 12.3 Å². The van der Waals surface area contributed by atoms with Crippen molar-refractivity contribution in [3.8, 4) is 11.5 Å². The van der Waals surface area contributed by atoms with Crippen molar-refractivity contribution in [3.63, 3.8) is 0 Å². The second kappa shape index (κ2) is 6.95. The van der Waals surface area contributed by atoms with E-state index in [1.807, 2.05) is 11.4 Å². The fourth-order valence-electron chi connectivity index (χ4n) is 2.96. The molecule has 0 bridgehead atoms. The lowest BCUT2D eigenvalue weighted by Crippen LogP contribution is -2.47. The second-order valence-corrected chi connectivity index (χ2v) is 6.59. The van der Waals surface area contributed by atoms with Crippen molar-refractivity contribution in [1.82, 2.24) is 10.3 Å². The second-order valence-electron chi connectivity index (χ2n) is 5.73. The Bertz CT molecular complexity index is 675. The van der Waals surface area contributed by atoms with E-state index in [2.05, 4.69) is 15.6 Å². The van der Waals surface area contributed by atoms with Gasteiger partial charge in [-0.15, -0.1) is 11.3 Å². The number of nitrogens with one attached hydrogen (secondary N) is 2. The van der Waals surface area contributed by atoms with Crippen LogP contribution in [-0.4, -0.2) is 22.8 Å². The van der Waals surface area contributed by atoms with Gasteiger partial charge in [-0.2, -0.15) is 0 Å². The molecule has 3 rings (SSSR count). The van der Waals surface area contributed by atoms with Crippen LogP contribution in [0, 0.1) is 5.92 Å². The normalized spacial score (nSPS) is 16.2. The summed E-state index contributed by atoms with van der Waals surface area (Å²) in [6.07, 6.45) is 5.73. The predicted octanol–water partition coefficient (Wildman–Crippen LogP) is 3.04. The number of furan rings is 1. The van der Waals surface area contributed by atoms with Gasteiger partial charge in [0.05, 0.1) is 6.26 Å². The maximum Gasteiger partial charge on any atom is 0.249 e. The van der Waals surface area contributed by atoms with E-state index in [1.165, 1.54) is 18.3 Å². The van der Waals surface area contributed by atoms with Gasteiger partial charge in [-0.25, -0.2) is 4.98 Å². The highest BCUT2D eigenvalue weighted by Gasteiger charge is 2.31. The Morgan fingerprint density at radius 1 is 1.39 bits per heavy atom. The lowest BCUT2D eigenvalue weighted by atomic mass is 9.97. The predicted molar refractivity (Wildman–Crippen MR) is 88.0 cm³/mol. The number of rotatable bonds is 5. The molecule has 1 aliphatic carbocycles. The average molecular weight is 333 g/mol. The molecule has 0 aliphatic heterocycles. The molecule has 2 amide bonds. The Kier molecular flexibility index (Phi) is 4.76. The third-order valence-corrected chi connectivity index (χ3v) is 4.78. The van der Waals surface area contributed by atoms with Crippen LogP contribution in [0.5, 0.6) is 0 Å². The maximum atomic E-state index is 12.5. The Labute approximate surface area is 138 Å². The summed E-state index contributed by atoms with van der Waals surface area (Å²) >= 11 is 1.34. The number of hydrogen-bond donors (Lipinski definition) is 2. The van der Waals surface area contributed by atoms with Gasteiger partial charge in [0.25, 0.3) is 0 Å². The number of amides is 2. The van der Waals surface area contributed by atoms with Crippen LogP contribution >= 0.6 is 11.3 Å². The van der Waals surface area contributed by atoms with Crippen molar-refractivity contribution in [3.05, 3.63) is 23.8 Å². The van der Waals surface area contributed by atoms with Gasteiger partial charge in [0, 0.05) is 12.3 Å². The molecule has 7 heteroatoms.